The van der Waals surface area contributed by atoms with Gasteiger partial charge in [0.1, 0.15) is 5.56 Å². The number of benzene rings is 1. The SMILES string of the molecule is COCc1cccc(-n2cc(C(=O)O)c(=O)[nH]c2=O)c1. The van der Waals surface area contributed by atoms with Gasteiger partial charge in [-0.05, 0) is 17.7 Å². The summed E-state index contributed by atoms with van der Waals surface area (Å²) in [7, 11) is 1.54. The highest BCUT2D eigenvalue weighted by molar-refractivity contribution is 5.86. The van der Waals surface area contributed by atoms with Gasteiger partial charge in [-0.1, -0.05) is 12.1 Å². The van der Waals surface area contributed by atoms with Crippen LogP contribution in [0.2, 0.25) is 0 Å². The molecule has 1 aromatic heterocycles. The summed E-state index contributed by atoms with van der Waals surface area (Å²) in [5, 5.41) is 8.91. The van der Waals surface area contributed by atoms with Crippen molar-refractivity contribution in [1.82, 2.24) is 9.55 Å². The molecule has 0 saturated heterocycles. The summed E-state index contributed by atoms with van der Waals surface area (Å²) in [5.74, 6) is -1.40. The standard InChI is InChI=1S/C13H12N2O5/c1-20-7-8-3-2-4-9(5-8)15-6-10(12(17)18)11(16)14-13(15)19/h2-6H,7H2,1H3,(H,17,18)(H,14,16,19). The monoisotopic (exact) mass is 276 g/mol. The fraction of sp³-hybridized carbons (Fsp3) is 0.154. The van der Waals surface area contributed by atoms with E-state index in [-0.39, 0.29) is 0 Å². The molecule has 2 aromatic rings. The second-order valence-electron chi connectivity index (χ2n) is 4.08. The summed E-state index contributed by atoms with van der Waals surface area (Å²) in [5.41, 5.74) is -0.855. The van der Waals surface area contributed by atoms with Crippen molar-refractivity contribution in [3.05, 3.63) is 62.4 Å². The van der Waals surface area contributed by atoms with E-state index in [1.165, 1.54) is 0 Å². The van der Waals surface area contributed by atoms with E-state index >= 15 is 0 Å². The predicted octanol–water partition coefficient (Wildman–Crippen LogP) is 0.370. The molecule has 7 heteroatoms. The molecular weight excluding hydrogens is 264 g/mol. The molecule has 104 valence electrons. The van der Waals surface area contributed by atoms with Crippen LogP contribution in [0.1, 0.15) is 15.9 Å². The Balaban J connectivity index is 2.60. The predicted molar refractivity (Wildman–Crippen MR) is 70.3 cm³/mol. The molecule has 0 fully saturated rings. The summed E-state index contributed by atoms with van der Waals surface area (Å²) >= 11 is 0. The average molecular weight is 276 g/mol. The van der Waals surface area contributed by atoms with Crippen LogP contribution in [-0.4, -0.2) is 27.7 Å². The van der Waals surface area contributed by atoms with Gasteiger partial charge in [0, 0.05) is 13.3 Å². The third kappa shape index (κ3) is 2.67. The maximum atomic E-state index is 11.8. The topological polar surface area (TPSA) is 101 Å². The molecule has 0 aliphatic heterocycles. The first kappa shape index (κ1) is 13.8. The van der Waals surface area contributed by atoms with Crippen molar-refractivity contribution >= 4 is 5.97 Å². The number of aromatic nitrogens is 2. The van der Waals surface area contributed by atoms with E-state index in [0.717, 1.165) is 16.3 Å². The molecule has 20 heavy (non-hydrogen) atoms. The molecule has 0 spiro atoms. The minimum absolute atomic E-state index is 0.359. The van der Waals surface area contributed by atoms with Gasteiger partial charge in [-0.15, -0.1) is 0 Å². The molecule has 0 amide bonds. The van der Waals surface area contributed by atoms with Crippen LogP contribution in [0.15, 0.2) is 40.1 Å². The first-order chi connectivity index (χ1) is 9.52. The minimum Gasteiger partial charge on any atom is -0.477 e. The van der Waals surface area contributed by atoms with Crippen molar-refractivity contribution in [2.45, 2.75) is 6.61 Å². The van der Waals surface area contributed by atoms with Crippen molar-refractivity contribution in [3.63, 3.8) is 0 Å². The third-order valence-electron chi connectivity index (χ3n) is 2.67. The number of ether oxygens (including phenoxy) is 1. The van der Waals surface area contributed by atoms with E-state index in [1.54, 1.807) is 25.3 Å². The van der Waals surface area contributed by atoms with Crippen molar-refractivity contribution in [2.24, 2.45) is 0 Å². The number of aromatic carboxylic acids is 1. The van der Waals surface area contributed by atoms with Gasteiger partial charge in [0.05, 0.1) is 12.3 Å². The Morgan fingerprint density at radius 1 is 1.40 bits per heavy atom. The second kappa shape index (κ2) is 5.54. The third-order valence-corrected chi connectivity index (χ3v) is 2.67. The molecule has 0 aliphatic rings. The fourth-order valence-corrected chi connectivity index (χ4v) is 1.78. The molecular formula is C13H12N2O5. The molecule has 1 heterocycles. The lowest BCUT2D eigenvalue weighted by molar-refractivity contribution is 0.0694. The molecule has 0 radical (unpaired) electrons. The van der Waals surface area contributed by atoms with Gasteiger partial charge < -0.3 is 9.84 Å². The number of hydrogen-bond acceptors (Lipinski definition) is 4. The highest BCUT2D eigenvalue weighted by Gasteiger charge is 2.12. The van der Waals surface area contributed by atoms with Gasteiger partial charge in [-0.2, -0.15) is 0 Å². The zero-order valence-electron chi connectivity index (χ0n) is 10.6. The van der Waals surface area contributed by atoms with E-state index in [4.69, 9.17) is 9.84 Å². The molecule has 2 rings (SSSR count). The second-order valence-corrected chi connectivity index (χ2v) is 4.08. The number of H-pyrrole nitrogens is 1. The van der Waals surface area contributed by atoms with E-state index in [9.17, 15) is 14.4 Å². The number of carboxylic acid groups (broad SMARTS) is 1. The van der Waals surface area contributed by atoms with E-state index in [1.807, 2.05) is 11.1 Å². The van der Waals surface area contributed by atoms with Gasteiger partial charge in [0.25, 0.3) is 5.56 Å². The van der Waals surface area contributed by atoms with E-state index < -0.39 is 22.8 Å². The summed E-state index contributed by atoms with van der Waals surface area (Å²) in [6.45, 7) is 0.359. The Kier molecular flexibility index (Phi) is 3.81. The summed E-state index contributed by atoms with van der Waals surface area (Å²) in [6, 6.07) is 6.82. The van der Waals surface area contributed by atoms with Gasteiger partial charge >= 0.3 is 11.7 Å². The van der Waals surface area contributed by atoms with E-state index in [2.05, 4.69) is 0 Å². The zero-order valence-corrected chi connectivity index (χ0v) is 10.6. The normalized spacial score (nSPS) is 10.4. The lowest BCUT2D eigenvalue weighted by Gasteiger charge is -2.08. The van der Waals surface area contributed by atoms with E-state index in [0.29, 0.717) is 12.3 Å². The van der Waals surface area contributed by atoms with Crippen LogP contribution in [0.3, 0.4) is 0 Å². The number of hydrogen-bond donors (Lipinski definition) is 2. The first-order valence-electron chi connectivity index (χ1n) is 5.70. The van der Waals surface area contributed by atoms with Crippen molar-refractivity contribution in [1.29, 1.82) is 0 Å². The summed E-state index contributed by atoms with van der Waals surface area (Å²) in [6.07, 6.45) is 1.01. The van der Waals surface area contributed by atoms with Gasteiger partial charge in [-0.3, -0.25) is 14.3 Å². The van der Waals surface area contributed by atoms with Crippen molar-refractivity contribution < 1.29 is 14.6 Å². The minimum atomic E-state index is -1.40. The van der Waals surface area contributed by atoms with Crippen LogP contribution in [0.5, 0.6) is 0 Å². The fourth-order valence-electron chi connectivity index (χ4n) is 1.78. The van der Waals surface area contributed by atoms with Crippen LogP contribution in [-0.2, 0) is 11.3 Å². The first-order valence-corrected chi connectivity index (χ1v) is 5.70. The maximum absolute atomic E-state index is 11.8. The number of rotatable bonds is 4. The number of aromatic amines is 1. The summed E-state index contributed by atoms with van der Waals surface area (Å²) in [4.78, 5) is 36.0. The molecule has 0 saturated carbocycles. The Hall–Kier alpha value is -2.67. The lowest BCUT2D eigenvalue weighted by atomic mass is 10.2. The molecule has 7 nitrogen and oxygen atoms in total. The molecule has 0 unspecified atom stereocenters. The molecule has 0 aliphatic carbocycles. The highest BCUT2D eigenvalue weighted by atomic mass is 16.5. The molecule has 0 bridgehead atoms. The van der Waals surface area contributed by atoms with Gasteiger partial charge in [0.15, 0.2) is 0 Å². The van der Waals surface area contributed by atoms with Crippen LogP contribution >= 0.6 is 0 Å². The number of methoxy groups -OCH3 is 1. The molecule has 2 N–H and O–H groups in total. The Labute approximate surface area is 113 Å². The Bertz CT molecular complexity index is 760. The Morgan fingerprint density at radius 2 is 2.15 bits per heavy atom. The van der Waals surface area contributed by atoms with Gasteiger partial charge in [0.2, 0.25) is 0 Å². The van der Waals surface area contributed by atoms with Crippen LogP contribution in [0, 0.1) is 0 Å². The van der Waals surface area contributed by atoms with Crippen molar-refractivity contribution in [2.75, 3.05) is 7.11 Å². The smallest absolute Gasteiger partial charge is 0.342 e. The molecule has 1 aromatic carbocycles. The van der Waals surface area contributed by atoms with Crippen LogP contribution in [0.25, 0.3) is 5.69 Å². The number of nitrogens with zero attached hydrogens (tertiary/aromatic N) is 1. The zero-order chi connectivity index (χ0) is 14.7. The average Bonchev–Trinajstić information content (AvgIpc) is 2.39. The maximum Gasteiger partial charge on any atom is 0.342 e. The van der Waals surface area contributed by atoms with Crippen LogP contribution in [0.4, 0.5) is 0 Å². The number of carbonyl (C=O) groups is 1. The number of carboxylic acids is 1. The lowest BCUT2D eigenvalue weighted by Crippen LogP contribution is -2.32. The van der Waals surface area contributed by atoms with Gasteiger partial charge in [-0.25, -0.2) is 9.59 Å². The quantitative estimate of drug-likeness (QED) is 0.840. The summed E-state index contributed by atoms with van der Waals surface area (Å²) < 4.78 is 6.06. The molecule has 0 atom stereocenters. The van der Waals surface area contributed by atoms with Crippen LogP contribution < -0.4 is 11.2 Å². The number of nitrogens with one attached hydrogen (secondary N) is 1. The van der Waals surface area contributed by atoms with Crippen molar-refractivity contribution in [3.8, 4) is 5.69 Å². The highest BCUT2D eigenvalue weighted by Crippen LogP contribution is 2.09. The largest absolute Gasteiger partial charge is 0.477 e. The Morgan fingerprint density at radius 3 is 2.80 bits per heavy atom.